The van der Waals surface area contributed by atoms with Crippen LogP contribution in [0.15, 0.2) is 54.6 Å². The first-order valence-electron chi connectivity index (χ1n) is 8.61. The Kier molecular flexibility index (Phi) is 5.46. The molecule has 0 spiro atoms. The van der Waals surface area contributed by atoms with Gasteiger partial charge in [0.05, 0.1) is 6.04 Å². The highest BCUT2D eigenvalue weighted by Gasteiger charge is 2.35. The van der Waals surface area contributed by atoms with Crippen molar-refractivity contribution in [1.29, 1.82) is 0 Å². The number of carbonyl (C=O) groups excluding carboxylic acids is 1. The molecule has 0 aromatic heterocycles. The summed E-state index contributed by atoms with van der Waals surface area (Å²) in [6.07, 6.45) is 0. The summed E-state index contributed by atoms with van der Waals surface area (Å²) < 4.78 is 12.9. The van der Waals surface area contributed by atoms with Gasteiger partial charge in [-0.1, -0.05) is 42.5 Å². The van der Waals surface area contributed by atoms with Crippen LogP contribution < -0.4 is 11.1 Å². The average Bonchev–Trinajstić information content (AvgIpc) is 3.03. The van der Waals surface area contributed by atoms with Crippen molar-refractivity contribution in [3.63, 3.8) is 0 Å². The number of amides is 1. The summed E-state index contributed by atoms with van der Waals surface area (Å²) in [6, 6.07) is 16.1. The van der Waals surface area contributed by atoms with Gasteiger partial charge >= 0.3 is 0 Å². The van der Waals surface area contributed by atoms with E-state index in [0.717, 1.165) is 12.1 Å². The van der Waals surface area contributed by atoms with Gasteiger partial charge in [0.1, 0.15) is 5.82 Å². The molecule has 3 N–H and O–H groups in total. The first-order valence-corrected chi connectivity index (χ1v) is 8.61. The maximum Gasteiger partial charge on any atom is 0.237 e. The molecule has 3 rings (SSSR count). The van der Waals surface area contributed by atoms with E-state index in [1.807, 2.05) is 25.1 Å². The molecule has 0 aliphatic carbocycles. The second-order valence-corrected chi connectivity index (χ2v) is 6.66. The minimum atomic E-state index is -0.276. The number of hydrogen-bond donors (Lipinski definition) is 2. The monoisotopic (exact) mass is 341 g/mol. The Morgan fingerprint density at radius 3 is 2.56 bits per heavy atom. The van der Waals surface area contributed by atoms with E-state index < -0.39 is 0 Å². The quantitative estimate of drug-likeness (QED) is 0.877. The topological polar surface area (TPSA) is 58.4 Å². The van der Waals surface area contributed by atoms with Crippen LogP contribution in [0.25, 0.3) is 0 Å². The number of nitrogens with two attached hydrogens (primary N) is 1. The van der Waals surface area contributed by atoms with Gasteiger partial charge in [0, 0.05) is 31.6 Å². The molecule has 1 aliphatic rings. The van der Waals surface area contributed by atoms with Crippen molar-refractivity contribution in [2.45, 2.75) is 31.5 Å². The van der Waals surface area contributed by atoms with Crippen LogP contribution in [0.1, 0.15) is 24.0 Å². The van der Waals surface area contributed by atoms with Crippen LogP contribution in [0.3, 0.4) is 0 Å². The fraction of sp³-hybridized carbons (Fsp3) is 0.350. The lowest BCUT2D eigenvalue weighted by Crippen LogP contribution is -2.44. The summed E-state index contributed by atoms with van der Waals surface area (Å²) in [4.78, 5) is 14.6. The molecule has 132 valence electrons. The Morgan fingerprint density at radius 2 is 1.88 bits per heavy atom. The number of halogens is 1. The van der Waals surface area contributed by atoms with Crippen molar-refractivity contribution < 1.29 is 9.18 Å². The minimum absolute atomic E-state index is 0.0229. The third kappa shape index (κ3) is 4.24. The molecule has 4 nitrogen and oxygen atoms in total. The van der Waals surface area contributed by atoms with Gasteiger partial charge in [-0.3, -0.25) is 9.69 Å². The number of benzene rings is 2. The highest BCUT2D eigenvalue weighted by Crippen LogP contribution is 2.27. The SMILES string of the molecule is CC(C(=O)NCc1ccc(F)cc1)N1C[C@@H](N)[C@H](c2ccccc2)C1. The van der Waals surface area contributed by atoms with Gasteiger partial charge in [-0.15, -0.1) is 0 Å². The van der Waals surface area contributed by atoms with Crippen molar-refractivity contribution in [1.82, 2.24) is 10.2 Å². The molecular formula is C20H24FN3O. The van der Waals surface area contributed by atoms with E-state index >= 15 is 0 Å². The van der Waals surface area contributed by atoms with Crippen molar-refractivity contribution >= 4 is 5.91 Å². The van der Waals surface area contributed by atoms with Crippen LogP contribution in [-0.4, -0.2) is 36.0 Å². The Hall–Kier alpha value is -2.24. The normalized spacial score (nSPS) is 21.9. The smallest absolute Gasteiger partial charge is 0.237 e. The van der Waals surface area contributed by atoms with Crippen molar-refractivity contribution in [3.05, 3.63) is 71.5 Å². The number of nitrogens with one attached hydrogen (secondary N) is 1. The van der Waals surface area contributed by atoms with Crippen LogP contribution in [0.5, 0.6) is 0 Å². The average molecular weight is 341 g/mol. The molecule has 0 radical (unpaired) electrons. The van der Waals surface area contributed by atoms with Crippen LogP contribution in [0.4, 0.5) is 4.39 Å². The maximum atomic E-state index is 12.9. The maximum absolute atomic E-state index is 12.9. The minimum Gasteiger partial charge on any atom is -0.351 e. The second-order valence-electron chi connectivity index (χ2n) is 6.66. The van der Waals surface area contributed by atoms with Crippen molar-refractivity contribution in [2.24, 2.45) is 5.73 Å². The first-order chi connectivity index (χ1) is 12.0. The van der Waals surface area contributed by atoms with Crippen LogP contribution >= 0.6 is 0 Å². The lowest BCUT2D eigenvalue weighted by atomic mass is 9.95. The molecule has 1 amide bonds. The zero-order chi connectivity index (χ0) is 17.8. The standard InChI is InChI=1S/C20H24FN3O/c1-14(20(25)23-11-15-7-9-17(21)10-8-15)24-12-18(19(22)13-24)16-5-3-2-4-6-16/h2-10,14,18-19H,11-13,22H2,1H3,(H,23,25)/t14?,18-,19+/m0/s1. The molecule has 2 aromatic carbocycles. The van der Waals surface area contributed by atoms with E-state index in [-0.39, 0.29) is 29.7 Å². The summed E-state index contributed by atoms with van der Waals surface area (Å²) in [5, 5.41) is 2.92. The largest absolute Gasteiger partial charge is 0.351 e. The predicted molar refractivity (Wildman–Crippen MR) is 96.4 cm³/mol. The fourth-order valence-corrected chi connectivity index (χ4v) is 3.33. The highest BCUT2D eigenvalue weighted by atomic mass is 19.1. The lowest BCUT2D eigenvalue weighted by Gasteiger charge is -2.23. The molecule has 1 fully saturated rings. The van der Waals surface area contributed by atoms with Crippen LogP contribution in [-0.2, 0) is 11.3 Å². The summed E-state index contributed by atoms with van der Waals surface area (Å²) in [5.41, 5.74) is 8.41. The number of rotatable bonds is 5. The van der Waals surface area contributed by atoms with E-state index in [1.54, 1.807) is 12.1 Å². The molecular weight excluding hydrogens is 317 g/mol. The van der Waals surface area contributed by atoms with Gasteiger partial charge in [-0.25, -0.2) is 4.39 Å². The Morgan fingerprint density at radius 1 is 1.20 bits per heavy atom. The number of carbonyl (C=O) groups is 1. The molecule has 1 heterocycles. The van der Waals surface area contributed by atoms with Gasteiger partial charge in [0.15, 0.2) is 0 Å². The molecule has 2 aromatic rings. The first kappa shape index (κ1) is 17.6. The summed E-state index contributed by atoms with van der Waals surface area (Å²) >= 11 is 0. The van der Waals surface area contributed by atoms with Crippen molar-refractivity contribution in [3.8, 4) is 0 Å². The zero-order valence-electron chi connectivity index (χ0n) is 14.4. The van der Waals surface area contributed by atoms with Gasteiger partial charge in [-0.2, -0.15) is 0 Å². The van der Waals surface area contributed by atoms with Gasteiger partial charge in [-0.05, 0) is 30.2 Å². The van der Waals surface area contributed by atoms with Crippen LogP contribution in [0.2, 0.25) is 0 Å². The molecule has 0 bridgehead atoms. The second kappa shape index (κ2) is 7.76. The number of hydrogen-bond acceptors (Lipinski definition) is 3. The number of nitrogens with zero attached hydrogens (tertiary/aromatic N) is 1. The molecule has 5 heteroatoms. The molecule has 1 saturated heterocycles. The van der Waals surface area contributed by atoms with E-state index in [0.29, 0.717) is 13.1 Å². The fourth-order valence-electron chi connectivity index (χ4n) is 3.33. The van der Waals surface area contributed by atoms with Crippen molar-refractivity contribution in [2.75, 3.05) is 13.1 Å². The third-order valence-electron chi connectivity index (χ3n) is 4.93. The van der Waals surface area contributed by atoms with Gasteiger partial charge < -0.3 is 11.1 Å². The summed E-state index contributed by atoms with van der Waals surface area (Å²) in [5.74, 6) is -0.0692. The molecule has 3 atom stereocenters. The lowest BCUT2D eigenvalue weighted by molar-refractivity contribution is -0.125. The Labute approximate surface area is 147 Å². The molecule has 1 unspecified atom stereocenters. The third-order valence-corrected chi connectivity index (χ3v) is 4.93. The van der Waals surface area contributed by atoms with E-state index in [2.05, 4.69) is 22.3 Å². The number of likely N-dealkylation sites (tertiary alicyclic amines) is 1. The van der Waals surface area contributed by atoms with E-state index in [9.17, 15) is 9.18 Å². The Balaban J connectivity index is 1.56. The molecule has 1 aliphatic heterocycles. The van der Waals surface area contributed by atoms with E-state index in [1.165, 1.54) is 17.7 Å². The molecule has 25 heavy (non-hydrogen) atoms. The van der Waals surface area contributed by atoms with E-state index in [4.69, 9.17) is 5.73 Å². The summed E-state index contributed by atoms with van der Waals surface area (Å²) in [7, 11) is 0. The van der Waals surface area contributed by atoms with Gasteiger partial charge in [0.2, 0.25) is 5.91 Å². The van der Waals surface area contributed by atoms with Gasteiger partial charge in [0.25, 0.3) is 0 Å². The predicted octanol–water partition coefficient (Wildman–Crippen LogP) is 2.26. The highest BCUT2D eigenvalue weighted by molar-refractivity contribution is 5.81. The molecule has 0 saturated carbocycles. The zero-order valence-corrected chi connectivity index (χ0v) is 14.4. The summed E-state index contributed by atoms with van der Waals surface area (Å²) in [6.45, 7) is 3.77. The Bertz CT molecular complexity index is 705. The van der Waals surface area contributed by atoms with Crippen LogP contribution in [0, 0.1) is 5.82 Å².